The third-order valence-corrected chi connectivity index (χ3v) is 6.98. The maximum absolute atomic E-state index is 13.0. The SMILES string of the molecule is CN(C(=O)c1ccc(NC(=O)N2CCN(c3ncccc3C#N)CC2)cc1Cl)C1CCCCC1. The van der Waals surface area contributed by atoms with Crippen molar-refractivity contribution in [2.75, 3.05) is 43.4 Å². The summed E-state index contributed by atoms with van der Waals surface area (Å²) in [5.41, 5.74) is 1.52. The minimum Gasteiger partial charge on any atom is -0.352 e. The highest BCUT2D eigenvalue weighted by Gasteiger charge is 2.26. The van der Waals surface area contributed by atoms with Crippen LogP contribution in [-0.4, -0.2) is 66.0 Å². The van der Waals surface area contributed by atoms with Crippen molar-refractivity contribution < 1.29 is 9.59 Å². The van der Waals surface area contributed by atoms with Crippen LogP contribution in [0.2, 0.25) is 5.02 Å². The van der Waals surface area contributed by atoms with Crippen LogP contribution < -0.4 is 10.2 Å². The van der Waals surface area contributed by atoms with E-state index >= 15 is 0 Å². The van der Waals surface area contributed by atoms with Gasteiger partial charge in [-0.05, 0) is 43.2 Å². The number of amides is 3. The van der Waals surface area contributed by atoms with Gasteiger partial charge >= 0.3 is 6.03 Å². The molecule has 0 atom stereocenters. The number of pyridine rings is 1. The molecule has 1 aromatic heterocycles. The highest BCUT2D eigenvalue weighted by atomic mass is 35.5. The molecule has 178 valence electrons. The van der Waals surface area contributed by atoms with Crippen molar-refractivity contribution in [3.63, 3.8) is 0 Å². The zero-order valence-corrected chi connectivity index (χ0v) is 20.1. The standard InChI is InChI=1S/C25H29ClN6O2/c1-30(20-7-3-2-4-8-20)24(33)21-10-9-19(16-22(21)26)29-25(34)32-14-12-31(13-15-32)23-18(17-27)6-5-11-28-23/h5-6,9-11,16,20H,2-4,7-8,12-15H2,1H3,(H,29,34). The molecule has 9 heteroatoms. The van der Waals surface area contributed by atoms with Crippen LogP contribution in [0.25, 0.3) is 0 Å². The number of urea groups is 1. The van der Waals surface area contributed by atoms with Gasteiger partial charge in [-0.2, -0.15) is 5.26 Å². The lowest BCUT2D eigenvalue weighted by Crippen LogP contribution is -2.50. The monoisotopic (exact) mass is 480 g/mol. The highest BCUT2D eigenvalue weighted by molar-refractivity contribution is 6.34. The number of nitrogens with zero attached hydrogens (tertiary/aromatic N) is 5. The molecule has 0 bridgehead atoms. The Hall–Kier alpha value is -3.31. The Labute approximate surface area is 205 Å². The van der Waals surface area contributed by atoms with Gasteiger partial charge in [-0.3, -0.25) is 4.79 Å². The van der Waals surface area contributed by atoms with E-state index in [4.69, 9.17) is 11.6 Å². The third-order valence-electron chi connectivity index (χ3n) is 6.67. The molecule has 2 aromatic rings. The smallest absolute Gasteiger partial charge is 0.321 e. The van der Waals surface area contributed by atoms with Crippen LogP contribution in [0.3, 0.4) is 0 Å². The summed E-state index contributed by atoms with van der Waals surface area (Å²) >= 11 is 6.44. The van der Waals surface area contributed by atoms with Gasteiger partial charge in [0.15, 0.2) is 0 Å². The highest BCUT2D eigenvalue weighted by Crippen LogP contribution is 2.27. The van der Waals surface area contributed by atoms with E-state index in [-0.39, 0.29) is 18.0 Å². The predicted octanol–water partition coefficient (Wildman–Crippen LogP) is 4.37. The van der Waals surface area contributed by atoms with Gasteiger partial charge < -0.3 is 20.0 Å². The molecule has 1 aromatic carbocycles. The fraction of sp³-hybridized carbons (Fsp3) is 0.440. The number of benzene rings is 1. The summed E-state index contributed by atoms with van der Waals surface area (Å²) < 4.78 is 0. The van der Waals surface area contributed by atoms with Crippen molar-refractivity contribution in [3.8, 4) is 6.07 Å². The van der Waals surface area contributed by atoms with E-state index in [2.05, 4.69) is 16.4 Å². The Kier molecular flexibility index (Phi) is 7.53. The van der Waals surface area contributed by atoms with E-state index in [1.54, 1.807) is 46.3 Å². The van der Waals surface area contributed by atoms with Gasteiger partial charge in [-0.25, -0.2) is 9.78 Å². The largest absolute Gasteiger partial charge is 0.352 e. The van der Waals surface area contributed by atoms with E-state index in [0.29, 0.717) is 53.8 Å². The number of nitriles is 1. The first-order valence-electron chi connectivity index (χ1n) is 11.7. The number of anilines is 2. The fourth-order valence-corrected chi connectivity index (χ4v) is 4.91. The lowest BCUT2D eigenvalue weighted by molar-refractivity contribution is 0.0696. The van der Waals surface area contributed by atoms with E-state index in [9.17, 15) is 14.9 Å². The van der Waals surface area contributed by atoms with Gasteiger partial charge in [-0.15, -0.1) is 0 Å². The van der Waals surface area contributed by atoms with Gasteiger partial charge in [-0.1, -0.05) is 30.9 Å². The predicted molar refractivity (Wildman–Crippen MR) is 132 cm³/mol. The van der Waals surface area contributed by atoms with Crippen LogP contribution in [0.4, 0.5) is 16.3 Å². The molecule has 8 nitrogen and oxygen atoms in total. The van der Waals surface area contributed by atoms with Gasteiger partial charge in [0.1, 0.15) is 11.9 Å². The van der Waals surface area contributed by atoms with Gasteiger partial charge in [0.05, 0.1) is 16.1 Å². The lowest BCUT2D eigenvalue weighted by atomic mass is 9.94. The third kappa shape index (κ3) is 5.26. The molecule has 0 radical (unpaired) electrons. The second-order valence-corrected chi connectivity index (χ2v) is 9.20. The summed E-state index contributed by atoms with van der Waals surface area (Å²) in [6, 6.07) is 10.7. The molecular formula is C25H29ClN6O2. The van der Waals surface area contributed by atoms with Crippen molar-refractivity contribution in [3.05, 3.63) is 52.7 Å². The Balaban J connectivity index is 1.34. The molecule has 4 rings (SSSR count). The van der Waals surface area contributed by atoms with Crippen molar-refractivity contribution in [1.29, 1.82) is 5.26 Å². The second-order valence-electron chi connectivity index (χ2n) is 8.79. The average Bonchev–Trinajstić information content (AvgIpc) is 2.88. The number of nitrogens with one attached hydrogen (secondary N) is 1. The van der Waals surface area contributed by atoms with E-state index in [1.165, 1.54) is 6.42 Å². The summed E-state index contributed by atoms with van der Waals surface area (Å²) in [4.78, 5) is 35.6. The van der Waals surface area contributed by atoms with Gasteiger partial charge in [0.25, 0.3) is 5.91 Å². The van der Waals surface area contributed by atoms with Crippen LogP contribution in [0, 0.1) is 11.3 Å². The normalized spacial score (nSPS) is 16.6. The summed E-state index contributed by atoms with van der Waals surface area (Å²) in [6.45, 7) is 2.18. The zero-order valence-electron chi connectivity index (χ0n) is 19.3. The van der Waals surface area contributed by atoms with E-state index in [0.717, 1.165) is 25.7 Å². The zero-order chi connectivity index (χ0) is 24.1. The molecule has 2 aliphatic rings. The Morgan fingerprint density at radius 2 is 1.88 bits per heavy atom. The first kappa shape index (κ1) is 23.8. The first-order valence-corrected chi connectivity index (χ1v) is 12.1. The van der Waals surface area contributed by atoms with Crippen LogP contribution in [0.15, 0.2) is 36.5 Å². The average molecular weight is 481 g/mol. The number of halogens is 1. The van der Waals surface area contributed by atoms with Gasteiger partial charge in [0.2, 0.25) is 0 Å². The summed E-state index contributed by atoms with van der Waals surface area (Å²) in [5.74, 6) is 0.562. The van der Waals surface area contributed by atoms with E-state index < -0.39 is 0 Å². The molecule has 3 amide bonds. The van der Waals surface area contributed by atoms with Crippen LogP contribution >= 0.6 is 11.6 Å². The number of hydrogen-bond acceptors (Lipinski definition) is 5. The number of carbonyl (C=O) groups excluding carboxylic acids is 2. The van der Waals surface area contributed by atoms with Crippen LogP contribution in [0.5, 0.6) is 0 Å². The second kappa shape index (κ2) is 10.7. The molecule has 34 heavy (non-hydrogen) atoms. The van der Waals surface area contributed by atoms with Crippen LogP contribution in [0.1, 0.15) is 48.0 Å². The minimum atomic E-state index is -0.226. The quantitative estimate of drug-likeness (QED) is 0.701. The molecule has 2 fully saturated rings. The number of piperazine rings is 1. The maximum Gasteiger partial charge on any atom is 0.321 e. The first-order chi connectivity index (χ1) is 16.5. The molecule has 1 N–H and O–H groups in total. The molecule has 1 saturated carbocycles. The minimum absolute atomic E-state index is 0.0860. The summed E-state index contributed by atoms with van der Waals surface area (Å²) in [7, 11) is 1.84. The number of hydrogen-bond donors (Lipinski definition) is 1. The van der Waals surface area contributed by atoms with Crippen molar-refractivity contribution in [2.45, 2.75) is 38.1 Å². The van der Waals surface area contributed by atoms with Crippen LogP contribution in [-0.2, 0) is 0 Å². The summed E-state index contributed by atoms with van der Waals surface area (Å²) in [6.07, 6.45) is 7.25. The molecule has 0 spiro atoms. The number of aromatic nitrogens is 1. The lowest BCUT2D eigenvalue weighted by Gasteiger charge is -2.35. The molecule has 0 unspecified atom stereocenters. The molecule has 1 aliphatic carbocycles. The van der Waals surface area contributed by atoms with Crippen molar-refractivity contribution in [1.82, 2.24) is 14.8 Å². The maximum atomic E-state index is 13.0. The number of rotatable bonds is 4. The van der Waals surface area contributed by atoms with Crippen molar-refractivity contribution >= 4 is 35.0 Å². The Morgan fingerprint density at radius 3 is 2.56 bits per heavy atom. The fourth-order valence-electron chi connectivity index (χ4n) is 4.65. The molecular weight excluding hydrogens is 452 g/mol. The van der Waals surface area contributed by atoms with E-state index in [1.807, 2.05) is 11.9 Å². The molecule has 2 heterocycles. The van der Waals surface area contributed by atoms with Gasteiger partial charge in [0, 0.05) is 51.2 Å². The Morgan fingerprint density at radius 1 is 1.15 bits per heavy atom. The summed E-state index contributed by atoms with van der Waals surface area (Å²) in [5, 5.41) is 12.5. The molecule has 1 aliphatic heterocycles. The van der Waals surface area contributed by atoms with Crippen molar-refractivity contribution in [2.24, 2.45) is 0 Å². The number of carbonyl (C=O) groups is 2. The molecule has 1 saturated heterocycles. The Bertz CT molecular complexity index is 1090. The topological polar surface area (TPSA) is 92.6 Å².